The molecule has 0 heterocycles. The molecule has 0 aliphatic heterocycles. The molecule has 1 amide bonds. The summed E-state index contributed by atoms with van der Waals surface area (Å²) in [7, 11) is 0. The zero-order chi connectivity index (χ0) is 24.3. The third kappa shape index (κ3) is 13.2. The van der Waals surface area contributed by atoms with Crippen LogP contribution in [0.5, 0.6) is 5.75 Å². The van der Waals surface area contributed by atoms with E-state index in [1.807, 2.05) is 36.4 Å². The number of halogens is 1. The number of hydrogen-bond donors (Lipinski definition) is 1. The Morgan fingerprint density at radius 1 is 0.794 bits per heavy atom. The number of ether oxygens (including phenoxy) is 1. The zero-order valence-electron chi connectivity index (χ0n) is 21.1. The summed E-state index contributed by atoms with van der Waals surface area (Å²) in [5, 5.41) is 3.76. The average molecular weight is 531 g/mol. The van der Waals surface area contributed by atoms with E-state index in [-0.39, 0.29) is 5.91 Å². The second-order valence-corrected chi connectivity index (χ2v) is 9.82. The Morgan fingerprint density at radius 2 is 1.41 bits per heavy atom. The smallest absolute Gasteiger partial charge is 0.224 e. The Kier molecular flexibility index (Phi) is 15.5. The topological polar surface area (TPSA) is 38.3 Å². The normalized spacial score (nSPS) is 10.9. The Labute approximate surface area is 216 Å². The minimum absolute atomic E-state index is 0.0408. The molecule has 0 unspecified atom stereocenters. The molecule has 2 aromatic carbocycles. The van der Waals surface area contributed by atoms with Gasteiger partial charge in [-0.25, -0.2) is 0 Å². The molecule has 4 heteroatoms. The van der Waals surface area contributed by atoms with Gasteiger partial charge < -0.3 is 10.1 Å². The molecular weight excluding hydrogens is 486 g/mol. The number of nitrogens with one attached hydrogen (secondary N) is 1. The van der Waals surface area contributed by atoms with Gasteiger partial charge in [0.25, 0.3) is 0 Å². The molecule has 0 saturated carbocycles. The minimum Gasteiger partial charge on any atom is -0.494 e. The molecule has 2 aromatic rings. The second kappa shape index (κ2) is 18.5. The lowest BCUT2D eigenvalue weighted by Gasteiger charge is -2.08. The first-order valence-corrected chi connectivity index (χ1v) is 14.5. The van der Waals surface area contributed by atoms with E-state index in [2.05, 4.69) is 40.3 Å². The van der Waals surface area contributed by atoms with E-state index >= 15 is 0 Å². The second-order valence-electron chi connectivity index (χ2n) is 9.26. The number of benzene rings is 2. The number of rotatable bonds is 19. The number of carbonyl (C=O) groups excluding carboxylic acids is 1. The van der Waals surface area contributed by atoms with E-state index in [0.717, 1.165) is 47.3 Å². The molecule has 0 aliphatic rings. The van der Waals surface area contributed by atoms with Crippen LogP contribution in [0.3, 0.4) is 0 Å². The van der Waals surface area contributed by atoms with Crippen molar-refractivity contribution in [1.29, 1.82) is 0 Å². The highest BCUT2D eigenvalue weighted by atomic mass is 79.9. The number of carbonyl (C=O) groups is 1. The van der Waals surface area contributed by atoms with Gasteiger partial charge in [0.15, 0.2) is 0 Å². The van der Waals surface area contributed by atoms with E-state index < -0.39 is 0 Å². The fourth-order valence-corrected chi connectivity index (χ4v) is 4.45. The van der Waals surface area contributed by atoms with Crippen molar-refractivity contribution in [2.24, 2.45) is 0 Å². The Hall–Kier alpha value is -1.81. The average Bonchev–Trinajstić information content (AvgIpc) is 2.86. The standard InChI is InChI=1S/C30H44BrNO2/c1-2-3-4-5-6-7-8-9-10-11-12-13-23-34-29-20-17-26(18-21-29)19-22-30(33)32-28-16-14-15-27(24-28)25-31/h14-18,20-21,24H,2-13,19,22-23,25H2,1H3,(H,32,33). The van der Waals surface area contributed by atoms with Crippen molar-refractivity contribution < 1.29 is 9.53 Å². The summed E-state index contributed by atoms with van der Waals surface area (Å²) < 4.78 is 5.90. The summed E-state index contributed by atoms with van der Waals surface area (Å²) in [6, 6.07) is 16.1. The summed E-state index contributed by atoms with van der Waals surface area (Å²) in [5.41, 5.74) is 3.16. The molecule has 0 fully saturated rings. The minimum atomic E-state index is 0.0408. The maximum Gasteiger partial charge on any atom is 0.224 e. The van der Waals surface area contributed by atoms with Gasteiger partial charge in [0, 0.05) is 17.4 Å². The molecule has 2 rings (SSSR count). The molecule has 0 spiro atoms. The predicted molar refractivity (Wildman–Crippen MR) is 149 cm³/mol. The van der Waals surface area contributed by atoms with E-state index in [4.69, 9.17) is 4.74 Å². The van der Waals surface area contributed by atoms with Crippen LogP contribution in [0.25, 0.3) is 0 Å². The molecule has 0 atom stereocenters. The molecule has 188 valence electrons. The largest absolute Gasteiger partial charge is 0.494 e. The van der Waals surface area contributed by atoms with Gasteiger partial charge in [0.2, 0.25) is 5.91 Å². The lowest BCUT2D eigenvalue weighted by Crippen LogP contribution is -2.12. The Balaban J connectivity index is 1.48. The van der Waals surface area contributed by atoms with Crippen LogP contribution >= 0.6 is 15.9 Å². The molecule has 0 aromatic heterocycles. The first-order valence-electron chi connectivity index (χ1n) is 13.4. The van der Waals surface area contributed by atoms with Gasteiger partial charge in [-0.05, 0) is 48.2 Å². The predicted octanol–water partition coefficient (Wildman–Crippen LogP) is 9.23. The van der Waals surface area contributed by atoms with Gasteiger partial charge in [0.05, 0.1) is 6.61 Å². The monoisotopic (exact) mass is 529 g/mol. The quantitative estimate of drug-likeness (QED) is 0.145. The van der Waals surface area contributed by atoms with Crippen molar-refractivity contribution in [3.05, 3.63) is 59.7 Å². The zero-order valence-corrected chi connectivity index (χ0v) is 22.7. The van der Waals surface area contributed by atoms with Gasteiger partial charge in [-0.15, -0.1) is 0 Å². The van der Waals surface area contributed by atoms with Crippen LogP contribution in [0.15, 0.2) is 48.5 Å². The van der Waals surface area contributed by atoms with Crippen molar-refractivity contribution in [2.75, 3.05) is 11.9 Å². The molecule has 1 N–H and O–H groups in total. The maximum atomic E-state index is 12.3. The van der Waals surface area contributed by atoms with Gasteiger partial charge in [-0.3, -0.25) is 4.79 Å². The molecule has 34 heavy (non-hydrogen) atoms. The van der Waals surface area contributed by atoms with Gasteiger partial charge in [-0.1, -0.05) is 118 Å². The summed E-state index contributed by atoms with van der Waals surface area (Å²) in [6.45, 7) is 3.06. The van der Waals surface area contributed by atoms with Gasteiger partial charge >= 0.3 is 0 Å². The van der Waals surface area contributed by atoms with Crippen LogP contribution in [-0.4, -0.2) is 12.5 Å². The van der Waals surface area contributed by atoms with Crippen LogP contribution in [0, 0.1) is 0 Å². The highest BCUT2D eigenvalue weighted by Crippen LogP contribution is 2.17. The van der Waals surface area contributed by atoms with Crippen molar-refractivity contribution in [1.82, 2.24) is 0 Å². The molecule has 0 radical (unpaired) electrons. The number of amides is 1. The Bertz CT molecular complexity index is 791. The van der Waals surface area contributed by atoms with Gasteiger partial charge in [0.1, 0.15) is 5.75 Å². The summed E-state index contributed by atoms with van der Waals surface area (Å²) in [5.74, 6) is 0.960. The fraction of sp³-hybridized carbons (Fsp3) is 0.567. The lowest BCUT2D eigenvalue weighted by atomic mass is 10.1. The summed E-state index contributed by atoms with van der Waals surface area (Å²) >= 11 is 3.45. The highest BCUT2D eigenvalue weighted by molar-refractivity contribution is 9.08. The summed E-state index contributed by atoms with van der Waals surface area (Å²) in [4.78, 5) is 12.3. The maximum absolute atomic E-state index is 12.3. The number of alkyl halides is 1. The first-order chi connectivity index (χ1) is 16.7. The lowest BCUT2D eigenvalue weighted by molar-refractivity contribution is -0.116. The summed E-state index contributed by atoms with van der Waals surface area (Å²) in [6.07, 6.45) is 17.5. The van der Waals surface area contributed by atoms with Crippen molar-refractivity contribution >= 4 is 27.5 Å². The van der Waals surface area contributed by atoms with E-state index in [1.54, 1.807) is 0 Å². The Morgan fingerprint density at radius 3 is 2.03 bits per heavy atom. The number of aryl methyl sites for hydroxylation is 1. The molecule has 0 saturated heterocycles. The number of anilines is 1. The molecule has 3 nitrogen and oxygen atoms in total. The molecular formula is C30H44BrNO2. The third-order valence-electron chi connectivity index (χ3n) is 6.20. The fourth-order valence-electron chi connectivity index (χ4n) is 4.10. The highest BCUT2D eigenvalue weighted by Gasteiger charge is 2.05. The van der Waals surface area contributed by atoms with Gasteiger partial charge in [-0.2, -0.15) is 0 Å². The number of unbranched alkanes of at least 4 members (excludes halogenated alkanes) is 11. The van der Waals surface area contributed by atoms with Crippen molar-refractivity contribution in [3.63, 3.8) is 0 Å². The van der Waals surface area contributed by atoms with Crippen molar-refractivity contribution in [3.8, 4) is 5.75 Å². The first kappa shape index (κ1) is 28.4. The van der Waals surface area contributed by atoms with Crippen LogP contribution in [0.2, 0.25) is 0 Å². The van der Waals surface area contributed by atoms with Crippen LogP contribution < -0.4 is 10.1 Å². The van der Waals surface area contributed by atoms with Crippen LogP contribution in [0.1, 0.15) is 102 Å². The van der Waals surface area contributed by atoms with E-state index in [0.29, 0.717) is 6.42 Å². The van der Waals surface area contributed by atoms with Crippen LogP contribution in [0.4, 0.5) is 5.69 Å². The third-order valence-corrected chi connectivity index (χ3v) is 6.84. The van der Waals surface area contributed by atoms with E-state index in [9.17, 15) is 4.79 Å². The van der Waals surface area contributed by atoms with Crippen molar-refractivity contribution in [2.45, 2.75) is 102 Å². The SMILES string of the molecule is CCCCCCCCCCCCCCOc1ccc(CCC(=O)Nc2cccc(CBr)c2)cc1. The number of hydrogen-bond acceptors (Lipinski definition) is 2. The van der Waals surface area contributed by atoms with E-state index in [1.165, 1.54) is 70.6 Å². The van der Waals surface area contributed by atoms with Crippen LogP contribution in [-0.2, 0) is 16.5 Å². The molecule has 0 aliphatic carbocycles. The molecule has 0 bridgehead atoms.